The SMILES string of the molecule is COc1cccc(F)c1C(=O)Cc1ccc2c(c1)CCC2. The van der Waals surface area contributed by atoms with Gasteiger partial charge in [-0.1, -0.05) is 24.3 Å². The molecule has 108 valence electrons. The minimum Gasteiger partial charge on any atom is -0.496 e. The molecule has 0 amide bonds. The number of methoxy groups -OCH3 is 1. The second-order valence-corrected chi connectivity index (χ2v) is 5.37. The number of carbonyl (C=O) groups is 1. The first-order valence-electron chi connectivity index (χ1n) is 7.15. The molecule has 3 rings (SSSR count). The summed E-state index contributed by atoms with van der Waals surface area (Å²) in [6.07, 6.45) is 3.56. The third-order valence-electron chi connectivity index (χ3n) is 4.00. The number of Topliss-reactive ketones (excluding diaryl/α,β-unsaturated/α-hetero) is 1. The smallest absolute Gasteiger partial charge is 0.173 e. The van der Waals surface area contributed by atoms with Gasteiger partial charge in [0, 0.05) is 6.42 Å². The van der Waals surface area contributed by atoms with Gasteiger partial charge in [0.1, 0.15) is 11.6 Å². The molecule has 3 heteroatoms. The number of hydrogen-bond acceptors (Lipinski definition) is 2. The molecular weight excluding hydrogens is 267 g/mol. The maximum atomic E-state index is 13.9. The molecule has 0 fully saturated rings. The summed E-state index contributed by atoms with van der Waals surface area (Å²) in [7, 11) is 1.45. The van der Waals surface area contributed by atoms with Crippen molar-refractivity contribution in [1.82, 2.24) is 0 Å². The van der Waals surface area contributed by atoms with Gasteiger partial charge in [-0.05, 0) is 48.1 Å². The van der Waals surface area contributed by atoms with Crippen LogP contribution in [0.15, 0.2) is 36.4 Å². The maximum Gasteiger partial charge on any atom is 0.173 e. The molecule has 2 aromatic carbocycles. The minimum atomic E-state index is -0.527. The molecule has 1 aliphatic rings. The molecule has 0 bridgehead atoms. The van der Waals surface area contributed by atoms with E-state index in [1.807, 2.05) is 6.07 Å². The molecule has 0 aliphatic heterocycles. The predicted octanol–water partition coefficient (Wildman–Crippen LogP) is 3.75. The Morgan fingerprint density at radius 3 is 2.81 bits per heavy atom. The Kier molecular flexibility index (Phi) is 3.74. The van der Waals surface area contributed by atoms with Gasteiger partial charge in [-0.3, -0.25) is 4.79 Å². The van der Waals surface area contributed by atoms with E-state index in [1.165, 1.54) is 30.7 Å². The van der Waals surface area contributed by atoms with Gasteiger partial charge in [0.25, 0.3) is 0 Å². The van der Waals surface area contributed by atoms with Crippen molar-refractivity contribution in [3.05, 3.63) is 64.5 Å². The highest BCUT2D eigenvalue weighted by Crippen LogP contribution is 2.26. The van der Waals surface area contributed by atoms with E-state index in [1.54, 1.807) is 12.1 Å². The standard InChI is InChI=1S/C18H17FO2/c1-21-17-7-3-6-15(19)18(17)16(20)11-12-8-9-13-4-2-5-14(13)10-12/h3,6-10H,2,4-5,11H2,1H3. The summed E-state index contributed by atoms with van der Waals surface area (Å²) in [5, 5.41) is 0. The first-order chi connectivity index (χ1) is 10.2. The van der Waals surface area contributed by atoms with Crippen LogP contribution in [-0.4, -0.2) is 12.9 Å². The normalized spacial score (nSPS) is 13.0. The zero-order valence-electron chi connectivity index (χ0n) is 12.0. The van der Waals surface area contributed by atoms with Gasteiger partial charge in [-0.2, -0.15) is 0 Å². The van der Waals surface area contributed by atoms with Gasteiger partial charge in [0.15, 0.2) is 5.78 Å². The Morgan fingerprint density at radius 2 is 2.00 bits per heavy atom. The number of fused-ring (bicyclic) bond motifs is 1. The third kappa shape index (κ3) is 2.68. The Hall–Kier alpha value is -2.16. The lowest BCUT2D eigenvalue weighted by molar-refractivity contribution is 0.0986. The topological polar surface area (TPSA) is 26.3 Å². The second-order valence-electron chi connectivity index (χ2n) is 5.37. The van der Waals surface area contributed by atoms with E-state index < -0.39 is 5.82 Å². The van der Waals surface area contributed by atoms with Crippen LogP contribution in [0.2, 0.25) is 0 Å². The number of hydrogen-bond donors (Lipinski definition) is 0. The van der Waals surface area contributed by atoms with Crippen LogP contribution >= 0.6 is 0 Å². The van der Waals surface area contributed by atoms with Crippen molar-refractivity contribution in [3.63, 3.8) is 0 Å². The lowest BCUT2D eigenvalue weighted by Crippen LogP contribution is -2.08. The van der Waals surface area contributed by atoms with Crippen LogP contribution in [0.5, 0.6) is 5.75 Å². The molecule has 0 saturated carbocycles. The molecule has 0 saturated heterocycles. The highest BCUT2D eigenvalue weighted by atomic mass is 19.1. The first kappa shape index (κ1) is 13.8. The predicted molar refractivity (Wildman–Crippen MR) is 79.5 cm³/mol. The van der Waals surface area contributed by atoms with Crippen molar-refractivity contribution >= 4 is 5.78 Å². The highest BCUT2D eigenvalue weighted by molar-refractivity contribution is 6.00. The van der Waals surface area contributed by atoms with Crippen LogP contribution in [-0.2, 0) is 19.3 Å². The highest BCUT2D eigenvalue weighted by Gasteiger charge is 2.19. The summed E-state index contributed by atoms with van der Waals surface area (Å²) < 4.78 is 19.0. The van der Waals surface area contributed by atoms with Gasteiger partial charge < -0.3 is 4.74 Å². The Morgan fingerprint density at radius 1 is 1.19 bits per heavy atom. The fraction of sp³-hybridized carbons (Fsp3) is 0.278. The number of benzene rings is 2. The zero-order valence-corrected chi connectivity index (χ0v) is 12.0. The molecule has 0 heterocycles. The molecule has 2 aromatic rings. The average Bonchev–Trinajstić information content (AvgIpc) is 2.94. The summed E-state index contributed by atoms with van der Waals surface area (Å²) >= 11 is 0. The number of ketones is 1. The Labute approximate surface area is 123 Å². The van der Waals surface area contributed by atoms with Gasteiger partial charge in [-0.15, -0.1) is 0 Å². The summed E-state index contributed by atoms with van der Waals surface area (Å²) in [6.45, 7) is 0. The number of rotatable bonds is 4. The van der Waals surface area contributed by atoms with E-state index in [0.29, 0.717) is 5.75 Å². The van der Waals surface area contributed by atoms with Crippen molar-refractivity contribution in [2.24, 2.45) is 0 Å². The zero-order chi connectivity index (χ0) is 14.8. The van der Waals surface area contributed by atoms with Crippen LogP contribution in [0.4, 0.5) is 4.39 Å². The summed E-state index contributed by atoms with van der Waals surface area (Å²) in [6, 6.07) is 10.6. The molecule has 0 unspecified atom stereocenters. The Bertz CT molecular complexity index is 692. The molecule has 1 aliphatic carbocycles. The van der Waals surface area contributed by atoms with Gasteiger partial charge in [0.2, 0.25) is 0 Å². The largest absolute Gasteiger partial charge is 0.496 e. The van der Waals surface area contributed by atoms with Crippen LogP contribution in [0.25, 0.3) is 0 Å². The number of carbonyl (C=O) groups excluding carboxylic acids is 1. The van der Waals surface area contributed by atoms with Crippen molar-refractivity contribution in [3.8, 4) is 5.75 Å². The fourth-order valence-electron chi connectivity index (χ4n) is 2.95. The number of halogens is 1. The van der Waals surface area contributed by atoms with Gasteiger partial charge >= 0.3 is 0 Å². The minimum absolute atomic E-state index is 0.0421. The number of aryl methyl sites for hydroxylation is 2. The van der Waals surface area contributed by atoms with Crippen LogP contribution in [0, 0.1) is 5.82 Å². The summed E-state index contributed by atoms with van der Waals surface area (Å²) in [5.74, 6) is -0.482. The molecule has 21 heavy (non-hydrogen) atoms. The van der Waals surface area contributed by atoms with Crippen LogP contribution in [0.3, 0.4) is 0 Å². The second kappa shape index (κ2) is 5.68. The van der Waals surface area contributed by atoms with E-state index >= 15 is 0 Å². The van der Waals surface area contributed by atoms with E-state index in [2.05, 4.69) is 12.1 Å². The van der Waals surface area contributed by atoms with Gasteiger partial charge in [0.05, 0.1) is 12.7 Å². The van der Waals surface area contributed by atoms with Crippen LogP contribution < -0.4 is 4.74 Å². The average molecular weight is 284 g/mol. The molecule has 0 atom stereocenters. The molecule has 0 aromatic heterocycles. The fourth-order valence-corrected chi connectivity index (χ4v) is 2.95. The molecule has 0 radical (unpaired) electrons. The lowest BCUT2D eigenvalue weighted by atomic mass is 9.99. The Balaban J connectivity index is 1.87. The molecule has 0 spiro atoms. The van der Waals surface area contributed by atoms with Crippen molar-refractivity contribution in [1.29, 1.82) is 0 Å². The van der Waals surface area contributed by atoms with E-state index in [4.69, 9.17) is 4.74 Å². The lowest BCUT2D eigenvalue weighted by Gasteiger charge is -2.09. The van der Waals surface area contributed by atoms with Crippen LogP contribution in [0.1, 0.15) is 33.5 Å². The van der Waals surface area contributed by atoms with E-state index in [0.717, 1.165) is 18.4 Å². The summed E-state index contributed by atoms with van der Waals surface area (Å²) in [4.78, 5) is 12.4. The van der Waals surface area contributed by atoms with Gasteiger partial charge in [-0.25, -0.2) is 4.39 Å². The van der Waals surface area contributed by atoms with Crippen molar-refractivity contribution in [2.75, 3.05) is 7.11 Å². The summed E-state index contributed by atoms with van der Waals surface area (Å²) in [5.41, 5.74) is 3.67. The molecule has 0 N–H and O–H groups in total. The number of ether oxygens (including phenoxy) is 1. The van der Waals surface area contributed by atoms with E-state index in [-0.39, 0.29) is 17.8 Å². The monoisotopic (exact) mass is 284 g/mol. The third-order valence-corrected chi connectivity index (χ3v) is 4.00. The van der Waals surface area contributed by atoms with Crippen molar-refractivity contribution < 1.29 is 13.9 Å². The quantitative estimate of drug-likeness (QED) is 0.799. The van der Waals surface area contributed by atoms with E-state index in [9.17, 15) is 9.18 Å². The molecular formula is C18H17FO2. The van der Waals surface area contributed by atoms with Crippen molar-refractivity contribution in [2.45, 2.75) is 25.7 Å². The maximum absolute atomic E-state index is 13.9. The first-order valence-corrected chi connectivity index (χ1v) is 7.15. The molecule has 2 nitrogen and oxygen atoms in total.